The lowest BCUT2D eigenvalue weighted by Crippen LogP contribution is -2.30. The molecule has 0 aliphatic heterocycles. The second-order valence-corrected chi connectivity index (χ2v) is 5.74. The predicted octanol–water partition coefficient (Wildman–Crippen LogP) is 2.74. The number of benzene rings is 1. The highest BCUT2D eigenvalue weighted by Crippen LogP contribution is 2.29. The van der Waals surface area contributed by atoms with Crippen LogP contribution in [0.15, 0.2) is 18.2 Å². The van der Waals surface area contributed by atoms with Gasteiger partial charge in [-0.2, -0.15) is 0 Å². The van der Waals surface area contributed by atoms with E-state index >= 15 is 0 Å². The summed E-state index contributed by atoms with van der Waals surface area (Å²) in [6.45, 7) is 0.683. The van der Waals surface area contributed by atoms with Crippen LogP contribution in [0.5, 0.6) is 0 Å². The Morgan fingerprint density at radius 1 is 1.50 bits per heavy atom. The maximum Gasteiger partial charge on any atom is 0.321 e. The minimum absolute atomic E-state index is 0.0193. The summed E-state index contributed by atoms with van der Waals surface area (Å²) in [6.07, 6.45) is 2.34. The van der Waals surface area contributed by atoms with Crippen LogP contribution in [0.25, 0.3) is 10.2 Å². The summed E-state index contributed by atoms with van der Waals surface area (Å²) < 4.78 is 0.677. The minimum Gasteiger partial charge on any atom is -0.338 e. The first-order valence-electron chi connectivity index (χ1n) is 6.21. The lowest BCUT2D eigenvalue weighted by Gasteiger charge is -2.03. The third kappa shape index (κ3) is 2.85. The van der Waals surface area contributed by atoms with Crippen molar-refractivity contribution in [2.24, 2.45) is 5.92 Å². The summed E-state index contributed by atoms with van der Waals surface area (Å²) in [5, 5.41) is 16.6. The van der Waals surface area contributed by atoms with Gasteiger partial charge in [0.25, 0.3) is 5.69 Å². The Kier molecular flexibility index (Phi) is 3.23. The zero-order valence-electron chi connectivity index (χ0n) is 10.5. The van der Waals surface area contributed by atoms with Crippen LogP contribution in [-0.2, 0) is 0 Å². The van der Waals surface area contributed by atoms with E-state index in [1.807, 2.05) is 0 Å². The Morgan fingerprint density at radius 2 is 2.30 bits per heavy atom. The van der Waals surface area contributed by atoms with Crippen LogP contribution in [0.3, 0.4) is 0 Å². The van der Waals surface area contributed by atoms with Crippen molar-refractivity contribution in [3.05, 3.63) is 28.3 Å². The number of hydrogen-bond acceptors (Lipinski definition) is 5. The van der Waals surface area contributed by atoms with Gasteiger partial charge in [0, 0.05) is 18.7 Å². The fourth-order valence-corrected chi connectivity index (χ4v) is 2.67. The molecule has 1 aromatic carbocycles. The number of rotatable bonds is 4. The number of nitrogens with one attached hydrogen (secondary N) is 2. The molecule has 3 rings (SSSR count). The number of nitro groups is 1. The van der Waals surface area contributed by atoms with Crippen molar-refractivity contribution in [1.82, 2.24) is 10.3 Å². The van der Waals surface area contributed by atoms with Crippen molar-refractivity contribution < 1.29 is 9.72 Å². The van der Waals surface area contributed by atoms with Gasteiger partial charge in [0.2, 0.25) is 0 Å². The van der Waals surface area contributed by atoms with E-state index in [2.05, 4.69) is 15.6 Å². The quantitative estimate of drug-likeness (QED) is 0.668. The van der Waals surface area contributed by atoms with E-state index in [1.54, 1.807) is 6.07 Å². The molecule has 0 saturated heterocycles. The fraction of sp³-hybridized carbons (Fsp3) is 0.333. The summed E-state index contributed by atoms with van der Waals surface area (Å²) in [7, 11) is 0. The molecule has 20 heavy (non-hydrogen) atoms. The molecule has 0 radical (unpaired) electrons. The number of nitro benzene ring substituents is 1. The van der Waals surface area contributed by atoms with Gasteiger partial charge >= 0.3 is 6.03 Å². The molecule has 0 unspecified atom stereocenters. The molecule has 7 nitrogen and oxygen atoms in total. The maximum absolute atomic E-state index is 11.6. The van der Waals surface area contributed by atoms with Crippen LogP contribution in [0, 0.1) is 16.0 Å². The summed E-state index contributed by atoms with van der Waals surface area (Å²) >= 11 is 1.22. The number of urea groups is 1. The zero-order chi connectivity index (χ0) is 14.1. The van der Waals surface area contributed by atoms with Crippen LogP contribution in [0.4, 0.5) is 15.6 Å². The molecule has 1 fully saturated rings. The number of anilines is 1. The Morgan fingerprint density at radius 3 is 3.00 bits per heavy atom. The number of carbonyl (C=O) groups excluding carboxylic acids is 1. The third-order valence-electron chi connectivity index (χ3n) is 3.05. The number of thiazole rings is 1. The highest BCUT2D eigenvalue weighted by Gasteiger charge is 2.21. The van der Waals surface area contributed by atoms with Gasteiger partial charge in [-0.25, -0.2) is 9.78 Å². The van der Waals surface area contributed by atoms with E-state index in [4.69, 9.17) is 0 Å². The molecule has 1 aromatic heterocycles. The molecule has 0 atom stereocenters. The van der Waals surface area contributed by atoms with E-state index in [9.17, 15) is 14.9 Å². The van der Waals surface area contributed by atoms with Gasteiger partial charge in [-0.15, -0.1) is 0 Å². The van der Waals surface area contributed by atoms with Crippen molar-refractivity contribution in [3.63, 3.8) is 0 Å². The van der Waals surface area contributed by atoms with E-state index in [-0.39, 0.29) is 11.7 Å². The summed E-state index contributed by atoms with van der Waals surface area (Å²) in [5.74, 6) is 0.610. The Hall–Kier alpha value is -2.22. The van der Waals surface area contributed by atoms with Crippen LogP contribution in [-0.4, -0.2) is 22.5 Å². The Bertz CT molecular complexity index is 680. The smallest absolute Gasteiger partial charge is 0.321 e. The Labute approximate surface area is 118 Å². The first-order chi connectivity index (χ1) is 9.61. The molecular formula is C12H12N4O3S. The fourth-order valence-electron chi connectivity index (χ4n) is 1.78. The van der Waals surface area contributed by atoms with Crippen molar-refractivity contribution in [2.75, 3.05) is 11.9 Å². The number of non-ortho nitro benzene ring substituents is 1. The molecule has 2 N–H and O–H groups in total. The zero-order valence-corrected chi connectivity index (χ0v) is 11.3. The van der Waals surface area contributed by atoms with Crippen LogP contribution >= 0.6 is 11.3 Å². The molecule has 0 spiro atoms. The first-order valence-corrected chi connectivity index (χ1v) is 7.03. The average Bonchev–Trinajstić information content (AvgIpc) is 3.15. The van der Waals surface area contributed by atoms with Gasteiger partial charge in [0.05, 0.1) is 15.1 Å². The van der Waals surface area contributed by atoms with Gasteiger partial charge in [-0.3, -0.25) is 15.4 Å². The SMILES string of the molecule is O=C(NCC1CC1)Nc1nc2ccc([N+](=O)[O-])cc2s1. The van der Waals surface area contributed by atoms with Crippen molar-refractivity contribution in [3.8, 4) is 0 Å². The van der Waals surface area contributed by atoms with E-state index in [1.165, 1.54) is 36.3 Å². The monoisotopic (exact) mass is 292 g/mol. The van der Waals surface area contributed by atoms with E-state index in [0.29, 0.717) is 27.8 Å². The maximum atomic E-state index is 11.6. The number of nitrogens with zero attached hydrogens (tertiary/aromatic N) is 2. The molecule has 2 aromatic rings. The molecule has 8 heteroatoms. The largest absolute Gasteiger partial charge is 0.338 e. The highest BCUT2D eigenvalue weighted by molar-refractivity contribution is 7.22. The highest BCUT2D eigenvalue weighted by atomic mass is 32.1. The van der Waals surface area contributed by atoms with Crippen LogP contribution in [0.2, 0.25) is 0 Å². The third-order valence-corrected chi connectivity index (χ3v) is 3.99. The van der Waals surface area contributed by atoms with Crippen molar-refractivity contribution >= 4 is 38.4 Å². The molecule has 104 valence electrons. The summed E-state index contributed by atoms with van der Waals surface area (Å²) in [5.41, 5.74) is 0.656. The standard InChI is InChI=1S/C12H12N4O3S/c17-11(13-6-7-1-2-7)15-12-14-9-4-3-8(16(18)19)5-10(9)20-12/h3-5,7H,1-2,6H2,(H2,13,14,15,17). The van der Waals surface area contributed by atoms with Crippen molar-refractivity contribution in [2.45, 2.75) is 12.8 Å². The van der Waals surface area contributed by atoms with Gasteiger partial charge in [-0.1, -0.05) is 11.3 Å². The summed E-state index contributed by atoms with van der Waals surface area (Å²) in [6, 6.07) is 4.15. The van der Waals surface area contributed by atoms with Crippen LogP contribution in [0.1, 0.15) is 12.8 Å². The van der Waals surface area contributed by atoms with Gasteiger partial charge < -0.3 is 5.32 Å². The lowest BCUT2D eigenvalue weighted by molar-refractivity contribution is -0.384. The lowest BCUT2D eigenvalue weighted by atomic mass is 10.3. The number of hydrogen-bond donors (Lipinski definition) is 2. The van der Waals surface area contributed by atoms with Crippen LogP contribution < -0.4 is 10.6 Å². The molecule has 1 aliphatic rings. The van der Waals surface area contributed by atoms with Gasteiger partial charge in [0.1, 0.15) is 0 Å². The first kappa shape index (κ1) is 12.8. The Balaban J connectivity index is 1.71. The number of carbonyl (C=O) groups is 1. The average molecular weight is 292 g/mol. The molecule has 1 heterocycles. The second-order valence-electron chi connectivity index (χ2n) is 4.71. The molecule has 2 amide bonds. The van der Waals surface area contributed by atoms with E-state index < -0.39 is 4.92 Å². The predicted molar refractivity (Wildman–Crippen MR) is 76.0 cm³/mol. The topological polar surface area (TPSA) is 97.2 Å². The number of fused-ring (bicyclic) bond motifs is 1. The summed E-state index contributed by atoms with van der Waals surface area (Å²) in [4.78, 5) is 26.1. The minimum atomic E-state index is -0.450. The molecule has 0 bridgehead atoms. The van der Waals surface area contributed by atoms with Gasteiger partial charge in [0.15, 0.2) is 5.13 Å². The molecule has 1 aliphatic carbocycles. The van der Waals surface area contributed by atoms with Gasteiger partial charge in [-0.05, 0) is 24.8 Å². The molecular weight excluding hydrogens is 280 g/mol. The van der Waals surface area contributed by atoms with E-state index in [0.717, 1.165) is 0 Å². The normalized spacial score (nSPS) is 14.2. The second kappa shape index (κ2) is 5.04. The number of amides is 2. The molecule has 1 saturated carbocycles. The van der Waals surface area contributed by atoms with Crippen molar-refractivity contribution in [1.29, 1.82) is 0 Å². The number of aromatic nitrogens is 1.